The fourth-order valence-electron chi connectivity index (χ4n) is 2.58. The van der Waals surface area contributed by atoms with Crippen LogP contribution in [0.25, 0.3) is 6.08 Å². The number of nitrogens with one attached hydrogen (secondary N) is 1. The Morgan fingerprint density at radius 3 is 2.66 bits per heavy atom. The van der Waals surface area contributed by atoms with E-state index in [0.717, 1.165) is 0 Å². The van der Waals surface area contributed by atoms with Crippen LogP contribution in [0.2, 0.25) is 0 Å². The van der Waals surface area contributed by atoms with Gasteiger partial charge in [0.15, 0.2) is 11.5 Å². The van der Waals surface area contributed by atoms with Crippen LogP contribution in [0.15, 0.2) is 46.4 Å². The lowest BCUT2D eigenvalue weighted by molar-refractivity contribution is -0.112. The van der Waals surface area contributed by atoms with Crippen LogP contribution in [0.4, 0.5) is 5.13 Å². The summed E-state index contributed by atoms with van der Waals surface area (Å²) in [6.45, 7) is 5.05. The predicted octanol–water partition coefficient (Wildman–Crippen LogP) is 3.95. The van der Waals surface area contributed by atoms with E-state index in [0.29, 0.717) is 28.6 Å². The molecule has 0 bridgehead atoms. The van der Waals surface area contributed by atoms with Gasteiger partial charge in [0.2, 0.25) is 15.0 Å². The van der Waals surface area contributed by atoms with E-state index in [2.05, 4.69) is 14.7 Å². The van der Waals surface area contributed by atoms with E-state index in [9.17, 15) is 23.3 Å². The van der Waals surface area contributed by atoms with Crippen molar-refractivity contribution in [1.82, 2.24) is 9.36 Å². The van der Waals surface area contributed by atoms with Crippen LogP contribution in [0.1, 0.15) is 36.0 Å². The second-order valence-electron chi connectivity index (χ2n) is 7.11. The highest BCUT2D eigenvalue weighted by atomic mass is 32.2. The Morgan fingerprint density at radius 1 is 1.26 bits per heavy atom. The number of hydrogen-bond donors (Lipinski definition) is 1. The minimum Gasteiger partial charge on any atom is -0.490 e. The number of rotatable bonds is 9. The minimum atomic E-state index is -3.70. The summed E-state index contributed by atoms with van der Waals surface area (Å²) in [5.74, 6) is -0.866. The highest BCUT2D eigenvalue weighted by Crippen LogP contribution is 2.30. The molecule has 0 spiro atoms. The minimum absolute atomic E-state index is 0.0544. The molecule has 0 radical (unpaired) electrons. The van der Waals surface area contributed by atoms with Crippen molar-refractivity contribution >= 4 is 55.8 Å². The van der Waals surface area contributed by atoms with Crippen molar-refractivity contribution in [3.63, 3.8) is 0 Å². The van der Waals surface area contributed by atoms with E-state index in [4.69, 9.17) is 9.47 Å². The van der Waals surface area contributed by atoms with Crippen molar-refractivity contribution in [2.75, 3.05) is 11.9 Å². The summed E-state index contributed by atoms with van der Waals surface area (Å²) in [5.41, 5.74) is 0.177. The van der Waals surface area contributed by atoms with E-state index >= 15 is 0 Å². The summed E-state index contributed by atoms with van der Waals surface area (Å²) in [5, 5.41) is 12.5. The van der Waals surface area contributed by atoms with Gasteiger partial charge in [0, 0.05) is 11.5 Å². The monoisotopic (exact) mass is 532 g/mol. The molecule has 2 heterocycles. The second kappa shape index (κ2) is 11.2. The molecule has 0 saturated carbocycles. The number of carbonyl (C=O) groups excluding carboxylic acids is 2. The zero-order chi connectivity index (χ0) is 25.6. The highest BCUT2D eigenvalue weighted by molar-refractivity contribution is 7.91. The number of benzene rings is 1. The number of amides is 1. The van der Waals surface area contributed by atoms with E-state index < -0.39 is 27.0 Å². The lowest BCUT2D eigenvalue weighted by Gasteiger charge is -2.11. The SMILES string of the molecule is CCOc1cc(C=C(C#N)C(=O)Nc2nc(S(=O)(=O)C(C)C)ns2)ccc1OC(=O)c1cccs1. The van der Waals surface area contributed by atoms with Gasteiger partial charge in [-0.25, -0.2) is 13.2 Å². The molecule has 35 heavy (non-hydrogen) atoms. The summed E-state index contributed by atoms with van der Waals surface area (Å²) >= 11 is 1.94. The molecule has 182 valence electrons. The number of nitriles is 1. The number of aromatic nitrogens is 2. The molecule has 1 aromatic carbocycles. The Kier molecular flexibility index (Phi) is 8.34. The van der Waals surface area contributed by atoms with Gasteiger partial charge in [-0.1, -0.05) is 12.1 Å². The molecule has 1 N–H and O–H groups in total. The summed E-state index contributed by atoms with van der Waals surface area (Å²) in [4.78, 5) is 29.1. The first-order valence-electron chi connectivity index (χ1n) is 10.2. The molecule has 3 rings (SSSR count). The van der Waals surface area contributed by atoms with E-state index in [1.165, 1.54) is 43.4 Å². The zero-order valence-corrected chi connectivity index (χ0v) is 21.3. The average Bonchev–Trinajstić information content (AvgIpc) is 3.52. The lowest BCUT2D eigenvalue weighted by Crippen LogP contribution is -2.16. The number of ether oxygens (including phenoxy) is 2. The first-order chi connectivity index (χ1) is 16.6. The average molecular weight is 533 g/mol. The van der Waals surface area contributed by atoms with Crippen LogP contribution in [-0.2, 0) is 14.6 Å². The first-order valence-corrected chi connectivity index (χ1v) is 13.4. The van der Waals surface area contributed by atoms with Gasteiger partial charge in [-0.3, -0.25) is 10.1 Å². The number of anilines is 1. The number of thiophene rings is 1. The van der Waals surface area contributed by atoms with Crippen molar-refractivity contribution in [3.8, 4) is 17.6 Å². The van der Waals surface area contributed by atoms with Crippen molar-refractivity contribution in [1.29, 1.82) is 5.26 Å². The summed E-state index contributed by atoms with van der Waals surface area (Å²) in [6, 6.07) is 9.77. The Hall–Kier alpha value is -3.60. The van der Waals surface area contributed by atoms with Crippen LogP contribution in [0.3, 0.4) is 0 Å². The molecule has 13 heteroatoms. The summed E-state index contributed by atoms with van der Waals surface area (Å²) in [7, 11) is -3.70. The van der Waals surface area contributed by atoms with Gasteiger partial charge in [-0.15, -0.1) is 11.3 Å². The molecular weight excluding hydrogens is 512 g/mol. The summed E-state index contributed by atoms with van der Waals surface area (Å²) in [6.07, 6.45) is 1.32. The van der Waals surface area contributed by atoms with Gasteiger partial charge in [-0.05, 0) is 56.0 Å². The third-order valence-corrected chi connectivity index (χ3v) is 7.90. The van der Waals surface area contributed by atoms with E-state index in [1.807, 2.05) is 0 Å². The fraction of sp³-hybridized carbons (Fsp3) is 0.227. The number of carbonyl (C=O) groups is 2. The number of sulfone groups is 1. The fourth-order valence-corrected chi connectivity index (χ4v) is 4.87. The largest absolute Gasteiger partial charge is 0.490 e. The first kappa shape index (κ1) is 26.0. The number of nitrogens with zero attached hydrogens (tertiary/aromatic N) is 3. The normalized spacial score (nSPS) is 11.7. The molecule has 2 aromatic heterocycles. The third kappa shape index (κ3) is 6.30. The molecule has 0 aliphatic heterocycles. The quantitative estimate of drug-likeness (QED) is 0.187. The van der Waals surface area contributed by atoms with Gasteiger partial charge in [0.1, 0.15) is 16.5 Å². The van der Waals surface area contributed by atoms with Crippen LogP contribution >= 0.6 is 22.9 Å². The van der Waals surface area contributed by atoms with Crippen LogP contribution < -0.4 is 14.8 Å². The molecular formula is C22H20N4O6S3. The van der Waals surface area contributed by atoms with Crippen LogP contribution in [-0.4, -0.2) is 41.5 Å². The summed E-state index contributed by atoms with van der Waals surface area (Å²) < 4.78 is 39.1. The Morgan fingerprint density at radius 2 is 2.03 bits per heavy atom. The lowest BCUT2D eigenvalue weighted by atomic mass is 10.1. The molecule has 10 nitrogen and oxygen atoms in total. The molecule has 3 aromatic rings. The van der Waals surface area contributed by atoms with Gasteiger partial charge < -0.3 is 9.47 Å². The van der Waals surface area contributed by atoms with Gasteiger partial charge in [0.25, 0.3) is 11.1 Å². The number of esters is 1. The molecule has 0 fully saturated rings. The topological polar surface area (TPSA) is 148 Å². The van der Waals surface area contributed by atoms with E-state index in [-0.39, 0.29) is 27.4 Å². The third-order valence-electron chi connectivity index (χ3n) is 4.37. The standard InChI is InChI=1S/C22H20N4O6S3/c1-4-31-17-11-14(7-8-16(17)32-20(28)18-6-5-9-33-18)10-15(12-23)19(27)24-21-25-22(26-34-21)35(29,30)13(2)3/h5-11,13H,4H2,1-3H3,(H,24,25,26,27). The predicted molar refractivity (Wildman–Crippen MR) is 131 cm³/mol. The Balaban J connectivity index is 1.80. The zero-order valence-electron chi connectivity index (χ0n) is 18.8. The van der Waals surface area contributed by atoms with Crippen LogP contribution in [0.5, 0.6) is 11.5 Å². The molecule has 1 amide bonds. The maximum Gasteiger partial charge on any atom is 0.353 e. The smallest absolute Gasteiger partial charge is 0.353 e. The van der Waals surface area contributed by atoms with Gasteiger partial charge in [-0.2, -0.15) is 14.6 Å². The molecule has 0 atom stereocenters. The highest BCUT2D eigenvalue weighted by Gasteiger charge is 2.25. The van der Waals surface area contributed by atoms with Crippen molar-refractivity contribution in [2.45, 2.75) is 31.2 Å². The molecule has 0 unspecified atom stereocenters. The van der Waals surface area contributed by atoms with Crippen molar-refractivity contribution in [2.24, 2.45) is 0 Å². The van der Waals surface area contributed by atoms with Gasteiger partial charge >= 0.3 is 5.97 Å². The maximum atomic E-state index is 12.6. The maximum absolute atomic E-state index is 12.6. The van der Waals surface area contributed by atoms with Crippen LogP contribution in [0, 0.1) is 11.3 Å². The Labute approximate surface area is 209 Å². The van der Waals surface area contributed by atoms with Crippen molar-refractivity contribution in [3.05, 3.63) is 51.7 Å². The number of hydrogen-bond acceptors (Lipinski definition) is 11. The second-order valence-corrected chi connectivity index (χ2v) is 11.2. The van der Waals surface area contributed by atoms with E-state index in [1.54, 1.807) is 36.6 Å². The Bertz CT molecular complexity index is 1400. The molecule has 0 aliphatic rings. The van der Waals surface area contributed by atoms with Gasteiger partial charge in [0.05, 0.1) is 11.9 Å². The van der Waals surface area contributed by atoms with Crippen molar-refractivity contribution < 1.29 is 27.5 Å². The molecule has 0 saturated heterocycles. The molecule has 0 aliphatic carbocycles.